The molecule has 2 rings (SSSR count). The van der Waals surface area contributed by atoms with Crippen LogP contribution in [0.1, 0.15) is 39.0 Å². The van der Waals surface area contributed by atoms with Gasteiger partial charge < -0.3 is 5.32 Å². The summed E-state index contributed by atoms with van der Waals surface area (Å²) in [4.78, 5) is 11.0. The zero-order chi connectivity index (χ0) is 7.90. The van der Waals surface area contributed by atoms with Crippen LogP contribution in [-0.4, -0.2) is 11.4 Å². The summed E-state index contributed by atoms with van der Waals surface area (Å²) in [6.45, 7) is 2.28. The second kappa shape index (κ2) is 2.23. The molecular weight excluding hydrogens is 138 g/mol. The van der Waals surface area contributed by atoms with Crippen LogP contribution >= 0.6 is 0 Å². The maximum absolute atomic E-state index is 11.0. The lowest BCUT2D eigenvalue weighted by molar-refractivity contribution is -0.119. The topological polar surface area (TPSA) is 29.1 Å². The van der Waals surface area contributed by atoms with E-state index in [0.29, 0.717) is 0 Å². The van der Waals surface area contributed by atoms with Gasteiger partial charge in [0.2, 0.25) is 5.91 Å². The van der Waals surface area contributed by atoms with E-state index >= 15 is 0 Å². The zero-order valence-electron chi connectivity index (χ0n) is 7.02. The van der Waals surface area contributed by atoms with Gasteiger partial charge in [-0.3, -0.25) is 4.79 Å². The molecule has 1 amide bonds. The lowest BCUT2D eigenvalue weighted by Crippen LogP contribution is -2.38. The molecule has 1 saturated carbocycles. The van der Waals surface area contributed by atoms with Crippen molar-refractivity contribution in [1.29, 1.82) is 0 Å². The average molecular weight is 153 g/mol. The minimum absolute atomic E-state index is 0.233. The number of carbonyl (C=O) groups excluding carboxylic acids is 1. The molecule has 1 aliphatic carbocycles. The maximum atomic E-state index is 11.0. The second-order valence-electron chi connectivity index (χ2n) is 4.18. The highest BCUT2D eigenvalue weighted by atomic mass is 16.2. The predicted molar refractivity (Wildman–Crippen MR) is 43.1 cm³/mol. The quantitative estimate of drug-likeness (QED) is 0.560. The van der Waals surface area contributed by atoms with Crippen LogP contribution in [0.5, 0.6) is 0 Å². The molecule has 2 fully saturated rings. The monoisotopic (exact) mass is 153 g/mol. The Morgan fingerprint density at radius 1 is 1.55 bits per heavy atom. The van der Waals surface area contributed by atoms with Gasteiger partial charge in [-0.15, -0.1) is 0 Å². The largest absolute Gasteiger partial charge is 0.351 e. The highest BCUT2D eigenvalue weighted by molar-refractivity contribution is 5.79. The van der Waals surface area contributed by atoms with E-state index in [1.165, 1.54) is 19.3 Å². The fourth-order valence-corrected chi connectivity index (χ4v) is 2.51. The minimum atomic E-state index is 0.233. The maximum Gasteiger partial charge on any atom is 0.220 e. The third-order valence-corrected chi connectivity index (χ3v) is 3.09. The summed E-state index contributed by atoms with van der Waals surface area (Å²) in [5.41, 5.74) is 0.233. The molecule has 0 bridgehead atoms. The number of amides is 1. The van der Waals surface area contributed by atoms with Crippen LogP contribution in [0, 0.1) is 5.92 Å². The van der Waals surface area contributed by atoms with Gasteiger partial charge >= 0.3 is 0 Å². The van der Waals surface area contributed by atoms with Gasteiger partial charge in [0.1, 0.15) is 0 Å². The van der Waals surface area contributed by atoms with E-state index < -0.39 is 0 Å². The molecule has 62 valence electrons. The van der Waals surface area contributed by atoms with Gasteiger partial charge in [-0.05, 0) is 31.6 Å². The SMILES string of the molecule is CC1CCC2(CCC(=O)N2)C1. The molecule has 0 radical (unpaired) electrons. The van der Waals surface area contributed by atoms with Crippen molar-refractivity contribution in [2.75, 3.05) is 0 Å². The third-order valence-electron chi connectivity index (χ3n) is 3.09. The lowest BCUT2D eigenvalue weighted by Gasteiger charge is -2.22. The van der Waals surface area contributed by atoms with Crippen molar-refractivity contribution in [3.05, 3.63) is 0 Å². The van der Waals surface area contributed by atoms with Crippen LogP contribution in [0.4, 0.5) is 0 Å². The fourth-order valence-electron chi connectivity index (χ4n) is 2.51. The Kier molecular flexibility index (Phi) is 1.44. The minimum Gasteiger partial charge on any atom is -0.351 e. The van der Waals surface area contributed by atoms with Crippen molar-refractivity contribution in [2.24, 2.45) is 5.92 Å². The van der Waals surface area contributed by atoms with Crippen molar-refractivity contribution in [2.45, 2.75) is 44.6 Å². The zero-order valence-corrected chi connectivity index (χ0v) is 7.02. The van der Waals surface area contributed by atoms with Gasteiger partial charge in [-0.1, -0.05) is 6.92 Å². The van der Waals surface area contributed by atoms with Crippen LogP contribution < -0.4 is 5.32 Å². The van der Waals surface area contributed by atoms with Gasteiger partial charge in [0.15, 0.2) is 0 Å². The van der Waals surface area contributed by atoms with Crippen molar-refractivity contribution in [1.82, 2.24) is 5.32 Å². The highest BCUT2D eigenvalue weighted by Gasteiger charge is 2.42. The summed E-state index contributed by atoms with van der Waals surface area (Å²) < 4.78 is 0. The summed E-state index contributed by atoms with van der Waals surface area (Å²) in [5.74, 6) is 1.08. The Hall–Kier alpha value is -0.530. The van der Waals surface area contributed by atoms with E-state index in [-0.39, 0.29) is 11.4 Å². The molecule has 1 aliphatic heterocycles. The molecule has 1 heterocycles. The molecule has 2 aliphatic rings. The van der Waals surface area contributed by atoms with Gasteiger partial charge in [-0.25, -0.2) is 0 Å². The number of nitrogens with one attached hydrogen (secondary N) is 1. The molecule has 0 aromatic heterocycles. The summed E-state index contributed by atoms with van der Waals surface area (Å²) in [6.07, 6.45) is 5.54. The first-order valence-corrected chi connectivity index (χ1v) is 4.51. The summed E-state index contributed by atoms with van der Waals surface area (Å²) in [5, 5.41) is 3.12. The van der Waals surface area contributed by atoms with Gasteiger partial charge in [0.05, 0.1) is 0 Å². The third kappa shape index (κ3) is 1.15. The lowest BCUT2D eigenvalue weighted by atomic mass is 9.95. The predicted octanol–water partition coefficient (Wildman–Crippen LogP) is 1.46. The fraction of sp³-hybridized carbons (Fsp3) is 0.889. The van der Waals surface area contributed by atoms with Crippen LogP contribution in [-0.2, 0) is 4.79 Å². The van der Waals surface area contributed by atoms with E-state index in [1.54, 1.807) is 0 Å². The molecule has 2 heteroatoms. The number of hydrogen-bond donors (Lipinski definition) is 1. The summed E-state index contributed by atoms with van der Waals surface area (Å²) in [7, 11) is 0. The molecule has 2 unspecified atom stereocenters. The molecular formula is C9H15NO. The van der Waals surface area contributed by atoms with E-state index in [1.807, 2.05) is 0 Å². The first-order valence-electron chi connectivity index (χ1n) is 4.51. The van der Waals surface area contributed by atoms with Crippen molar-refractivity contribution >= 4 is 5.91 Å². The number of carbonyl (C=O) groups is 1. The Bertz CT molecular complexity index is 190. The summed E-state index contributed by atoms with van der Waals surface area (Å²) >= 11 is 0. The number of hydrogen-bond acceptors (Lipinski definition) is 1. The normalized spacial score (nSPS) is 43.4. The Balaban J connectivity index is 2.07. The van der Waals surface area contributed by atoms with Gasteiger partial charge in [0.25, 0.3) is 0 Å². The molecule has 11 heavy (non-hydrogen) atoms. The van der Waals surface area contributed by atoms with Crippen LogP contribution in [0.25, 0.3) is 0 Å². The molecule has 1 N–H and O–H groups in total. The van der Waals surface area contributed by atoms with E-state index in [2.05, 4.69) is 12.2 Å². The van der Waals surface area contributed by atoms with E-state index in [0.717, 1.165) is 18.8 Å². The van der Waals surface area contributed by atoms with Crippen LogP contribution in [0.2, 0.25) is 0 Å². The van der Waals surface area contributed by atoms with Crippen molar-refractivity contribution in [3.8, 4) is 0 Å². The van der Waals surface area contributed by atoms with Crippen LogP contribution in [0.15, 0.2) is 0 Å². The van der Waals surface area contributed by atoms with Gasteiger partial charge in [0, 0.05) is 12.0 Å². The molecule has 2 atom stereocenters. The number of rotatable bonds is 0. The van der Waals surface area contributed by atoms with Gasteiger partial charge in [-0.2, -0.15) is 0 Å². The summed E-state index contributed by atoms with van der Waals surface area (Å²) in [6, 6.07) is 0. The molecule has 1 spiro atoms. The first kappa shape index (κ1) is 7.14. The molecule has 2 nitrogen and oxygen atoms in total. The highest BCUT2D eigenvalue weighted by Crippen LogP contribution is 2.39. The average Bonchev–Trinajstić information content (AvgIpc) is 2.44. The van der Waals surface area contributed by atoms with Crippen molar-refractivity contribution in [3.63, 3.8) is 0 Å². The van der Waals surface area contributed by atoms with E-state index in [9.17, 15) is 4.79 Å². The Labute approximate surface area is 67.4 Å². The Morgan fingerprint density at radius 3 is 2.82 bits per heavy atom. The molecule has 0 aromatic carbocycles. The molecule has 1 saturated heterocycles. The smallest absolute Gasteiger partial charge is 0.220 e. The standard InChI is InChI=1S/C9H15NO/c1-7-2-4-9(6-7)5-3-8(11)10-9/h7H,2-6H2,1H3,(H,10,11). The van der Waals surface area contributed by atoms with E-state index in [4.69, 9.17) is 0 Å². The Morgan fingerprint density at radius 2 is 2.36 bits per heavy atom. The van der Waals surface area contributed by atoms with Crippen LogP contribution in [0.3, 0.4) is 0 Å². The second-order valence-corrected chi connectivity index (χ2v) is 4.18. The van der Waals surface area contributed by atoms with Crippen molar-refractivity contribution < 1.29 is 4.79 Å². The first-order chi connectivity index (χ1) is 5.20. The molecule has 0 aromatic rings.